The predicted molar refractivity (Wildman–Crippen MR) is 107 cm³/mol. The van der Waals surface area contributed by atoms with E-state index in [-0.39, 0.29) is 27.1 Å². The highest BCUT2D eigenvalue weighted by atomic mass is 32.2. The molecule has 0 aliphatic rings. The van der Waals surface area contributed by atoms with E-state index in [1.165, 1.54) is 24.5 Å². The Morgan fingerprint density at radius 1 is 1.03 bits per heavy atom. The second-order valence-electron chi connectivity index (χ2n) is 5.93. The number of nitrogens with one attached hydrogen (secondary N) is 1. The summed E-state index contributed by atoms with van der Waals surface area (Å²) in [5.41, 5.74) is 0.902. The maximum Gasteiger partial charge on any atom is 0.293 e. The van der Waals surface area contributed by atoms with Gasteiger partial charge in [-0.1, -0.05) is 35.6 Å². The molecular weight excluding hydrogens is 412 g/mol. The van der Waals surface area contributed by atoms with Gasteiger partial charge in [-0.2, -0.15) is 0 Å². The van der Waals surface area contributed by atoms with Gasteiger partial charge in [0.1, 0.15) is 5.69 Å². The number of benzene rings is 1. The normalized spacial score (nSPS) is 11.3. The van der Waals surface area contributed by atoms with Crippen LogP contribution in [0, 0.1) is 0 Å². The SMILES string of the molecule is O=C(Nc1nnc(-c2ccccn2)s1)c1occc1CS(=O)(=O)c1ccccc1. The Morgan fingerprint density at radius 2 is 1.83 bits per heavy atom. The fourth-order valence-corrected chi connectivity index (χ4v) is 4.68. The fourth-order valence-electron chi connectivity index (χ4n) is 2.58. The molecule has 0 atom stereocenters. The number of carbonyl (C=O) groups excluding carboxylic acids is 1. The highest BCUT2D eigenvalue weighted by Gasteiger charge is 2.23. The summed E-state index contributed by atoms with van der Waals surface area (Å²) < 4.78 is 30.4. The van der Waals surface area contributed by atoms with E-state index in [4.69, 9.17) is 4.42 Å². The molecule has 4 aromatic rings. The van der Waals surface area contributed by atoms with Crippen molar-refractivity contribution in [3.63, 3.8) is 0 Å². The summed E-state index contributed by atoms with van der Waals surface area (Å²) in [4.78, 5) is 16.9. The number of pyridine rings is 1. The summed E-state index contributed by atoms with van der Waals surface area (Å²) in [5.74, 6) is -1.04. The number of carbonyl (C=O) groups is 1. The average Bonchev–Trinajstić information content (AvgIpc) is 3.39. The lowest BCUT2D eigenvalue weighted by atomic mass is 10.3. The van der Waals surface area contributed by atoms with Crippen LogP contribution in [-0.4, -0.2) is 29.5 Å². The molecule has 0 fully saturated rings. The Morgan fingerprint density at radius 3 is 2.59 bits per heavy atom. The second-order valence-corrected chi connectivity index (χ2v) is 8.90. The number of furan rings is 1. The molecular formula is C19H14N4O4S2. The number of anilines is 1. The Balaban J connectivity index is 1.51. The van der Waals surface area contributed by atoms with Gasteiger partial charge in [-0.3, -0.25) is 15.1 Å². The van der Waals surface area contributed by atoms with E-state index in [0.29, 0.717) is 10.7 Å². The number of nitrogens with zero attached hydrogens (tertiary/aromatic N) is 3. The highest BCUT2D eigenvalue weighted by molar-refractivity contribution is 7.90. The maximum absolute atomic E-state index is 12.6. The minimum absolute atomic E-state index is 0.0842. The lowest BCUT2D eigenvalue weighted by Crippen LogP contribution is -2.14. The van der Waals surface area contributed by atoms with Crippen LogP contribution in [0.4, 0.5) is 5.13 Å². The Hall–Kier alpha value is -3.37. The van der Waals surface area contributed by atoms with Gasteiger partial charge in [0.15, 0.2) is 20.6 Å². The molecule has 3 heterocycles. The molecule has 29 heavy (non-hydrogen) atoms. The van der Waals surface area contributed by atoms with Gasteiger partial charge in [-0.15, -0.1) is 10.2 Å². The van der Waals surface area contributed by atoms with Crippen LogP contribution in [0.25, 0.3) is 10.7 Å². The number of hydrogen-bond donors (Lipinski definition) is 1. The summed E-state index contributed by atoms with van der Waals surface area (Å²) in [6.07, 6.45) is 2.92. The third-order valence-electron chi connectivity index (χ3n) is 3.93. The van der Waals surface area contributed by atoms with Crippen LogP contribution in [0.1, 0.15) is 16.1 Å². The molecule has 1 N–H and O–H groups in total. The molecule has 3 aromatic heterocycles. The quantitative estimate of drug-likeness (QED) is 0.502. The molecule has 0 spiro atoms. The summed E-state index contributed by atoms with van der Waals surface area (Å²) in [7, 11) is -3.62. The van der Waals surface area contributed by atoms with E-state index >= 15 is 0 Å². The van der Waals surface area contributed by atoms with Crippen LogP contribution < -0.4 is 5.32 Å². The molecule has 0 aliphatic heterocycles. The minimum Gasteiger partial charge on any atom is -0.459 e. The Kier molecular flexibility index (Phi) is 5.19. The Labute approximate surface area is 170 Å². The molecule has 0 saturated carbocycles. The van der Waals surface area contributed by atoms with Gasteiger partial charge in [-0.25, -0.2) is 8.42 Å². The van der Waals surface area contributed by atoms with E-state index in [1.54, 1.807) is 36.5 Å². The van der Waals surface area contributed by atoms with Crippen LogP contribution in [0.3, 0.4) is 0 Å². The zero-order valence-corrected chi connectivity index (χ0v) is 16.5. The number of amides is 1. The van der Waals surface area contributed by atoms with Crippen molar-refractivity contribution in [2.75, 3.05) is 5.32 Å². The first-order valence-corrected chi connectivity index (χ1v) is 10.9. The zero-order chi connectivity index (χ0) is 20.3. The smallest absolute Gasteiger partial charge is 0.293 e. The molecule has 1 amide bonds. The molecule has 0 radical (unpaired) electrons. The summed E-state index contributed by atoms with van der Waals surface area (Å²) >= 11 is 1.15. The van der Waals surface area contributed by atoms with Crippen LogP contribution in [0.5, 0.6) is 0 Å². The van der Waals surface area contributed by atoms with E-state index in [1.807, 2.05) is 6.07 Å². The van der Waals surface area contributed by atoms with Gasteiger partial charge in [0.05, 0.1) is 16.9 Å². The molecule has 0 unspecified atom stereocenters. The average molecular weight is 426 g/mol. The summed E-state index contributed by atoms with van der Waals surface area (Å²) in [6, 6.07) is 14.9. The van der Waals surface area contributed by atoms with Gasteiger partial charge < -0.3 is 4.42 Å². The molecule has 0 bridgehead atoms. The second kappa shape index (κ2) is 7.94. The van der Waals surface area contributed by atoms with Gasteiger partial charge in [-0.05, 0) is 30.3 Å². The van der Waals surface area contributed by atoms with Crippen molar-refractivity contribution in [3.05, 3.63) is 78.4 Å². The maximum atomic E-state index is 12.6. The number of hydrogen-bond acceptors (Lipinski definition) is 8. The predicted octanol–water partition coefficient (Wildman–Crippen LogP) is 3.42. The molecule has 8 nitrogen and oxygen atoms in total. The van der Waals surface area contributed by atoms with E-state index in [9.17, 15) is 13.2 Å². The van der Waals surface area contributed by atoms with Crippen molar-refractivity contribution in [2.24, 2.45) is 0 Å². The third kappa shape index (κ3) is 4.23. The first-order chi connectivity index (χ1) is 14.0. The number of rotatable bonds is 6. The lowest BCUT2D eigenvalue weighted by molar-refractivity contribution is 0.0995. The van der Waals surface area contributed by atoms with Crippen LogP contribution >= 0.6 is 11.3 Å². The lowest BCUT2D eigenvalue weighted by Gasteiger charge is -2.05. The molecule has 10 heteroatoms. The van der Waals surface area contributed by atoms with Gasteiger partial charge in [0.2, 0.25) is 5.13 Å². The fraction of sp³-hybridized carbons (Fsp3) is 0.0526. The van der Waals surface area contributed by atoms with Gasteiger partial charge in [0, 0.05) is 11.8 Å². The number of aromatic nitrogens is 3. The largest absolute Gasteiger partial charge is 0.459 e. The standard InChI is InChI=1S/C19H14N4O4S2/c24-17(21-19-23-22-18(28-19)15-8-4-5-10-20-15)16-13(9-11-27-16)12-29(25,26)14-6-2-1-3-7-14/h1-11H,12H2,(H,21,23,24). The topological polar surface area (TPSA) is 115 Å². The van der Waals surface area contributed by atoms with Crippen molar-refractivity contribution in [1.29, 1.82) is 0 Å². The van der Waals surface area contributed by atoms with E-state index in [2.05, 4.69) is 20.5 Å². The molecule has 0 saturated heterocycles. The molecule has 0 aliphatic carbocycles. The minimum atomic E-state index is -3.62. The first kappa shape index (κ1) is 19.0. The first-order valence-electron chi connectivity index (χ1n) is 8.43. The summed E-state index contributed by atoms with van der Waals surface area (Å²) in [5, 5.41) is 11.3. The monoisotopic (exact) mass is 426 g/mol. The van der Waals surface area contributed by atoms with Crippen LogP contribution in [0.15, 0.2) is 76.4 Å². The van der Waals surface area contributed by atoms with Crippen molar-refractivity contribution >= 4 is 32.2 Å². The van der Waals surface area contributed by atoms with Crippen molar-refractivity contribution in [3.8, 4) is 10.7 Å². The van der Waals surface area contributed by atoms with Crippen LogP contribution in [-0.2, 0) is 15.6 Å². The third-order valence-corrected chi connectivity index (χ3v) is 6.47. The van der Waals surface area contributed by atoms with Crippen molar-refractivity contribution in [2.45, 2.75) is 10.6 Å². The molecule has 1 aromatic carbocycles. The van der Waals surface area contributed by atoms with Crippen LogP contribution in [0.2, 0.25) is 0 Å². The zero-order valence-electron chi connectivity index (χ0n) is 14.8. The number of sulfone groups is 1. The van der Waals surface area contributed by atoms with E-state index in [0.717, 1.165) is 11.3 Å². The summed E-state index contributed by atoms with van der Waals surface area (Å²) in [6.45, 7) is 0. The van der Waals surface area contributed by atoms with Crippen molar-refractivity contribution < 1.29 is 17.6 Å². The highest BCUT2D eigenvalue weighted by Crippen LogP contribution is 2.26. The molecule has 146 valence electrons. The Bertz CT molecular complexity index is 1240. The van der Waals surface area contributed by atoms with Crippen molar-refractivity contribution in [1.82, 2.24) is 15.2 Å². The van der Waals surface area contributed by atoms with Gasteiger partial charge >= 0.3 is 0 Å². The van der Waals surface area contributed by atoms with E-state index < -0.39 is 15.7 Å². The van der Waals surface area contributed by atoms with Gasteiger partial charge in [0.25, 0.3) is 5.91 Å². The molecule has 4 rings (SSSR count).